The minimum atomic E-state index is -3.18. The summed E-state index contributed by atoms with van der Waals surface area (Å²) in [5.74, 6) is 0.380. The SMILES string of the molecule is CC(C)(CNc1ncc(C#N)cc1N)S(C)(=O)=O. The first-order chi connectivity index (χ1) is 8.17. The van der Waals surface area contributed by atoms with Crippen LogP contribution < -0.4 is 11.1 Å². The molecule has 1 heterocycles. The quantitative estimate of drug-likeness (QED) is 0.834. The van der Waals surface area contributed by atoms with Crippen LogP contribution in [-0.2, 0) is 9.84 Å². The normalized spacial score (nSPS) is 11.9. The molecule has 0 unspecified atom stereocenters. The summed E-state index contributed by atoms with van der Waals surface area (Å²) in [7, 11) is -3.18. The van der Waals surface area contributed by atoms with E-state index in [4.69, 9.17) is 11.0 Å². The number of nitrogens with one attached hydrogen (secondary N) is 1. The van der Waals surface area contributed by atoms with Crippen LogP contribution in [0.15, 0.2) is 12.3 Å². The standard InChI is InChI=1S/C11H16N4O2S/c1-11(2,18(3,16)17)7-15-10-9(13)4-8(5-12)6-14-10/h4,6H,7,13H2,1-3H3,(H,14,15). The Morgan fingerprint density at radius 1 is 1.56 bits per heavy atom. The zero-order chi connectivity index (χ0) is 14.0. The number of nitrogens with two attached hydrogens (primary N) is 1. The molecule has 0 aromatic carbocycles. The molecule has 0 saturated carbocycles. The van der Waals surface area contributed by atoms with Crippen molar-refractivity contribution in [3.8, 4) is 6.07 Å². The first kappa shape index (κ1) is 14.3. The first-order valence-electron chi connectivity index (χ1n) is 5.26. The van der Waals surface area contributed by atoms with Crippen molar-refractivity contribution in [2.45, 2.75) is 18.6 Å². The number of rotatable bonds is 4. The highest BCUT2D eigenvalue weighted by molar-refractivity contribution is 7.92. The Morgan fingerprint density at radius 3 is 2.61 bits per heavy atom. The van der Waals surface area contributed by atoms with Gasteiger partial charge in [-0.1, -0.05) is 0 Å². The highest BCUT2D eigenvalue weighted by Gasteiger charge is 2.30. The van der Waals surface area contributed by atoms with Crippen molar-refractivity contribution in [2.24, 2.45) is 0 Å². The maximum atomic E-state index is 11.5. The summed E-state index contributed by atoms with van der Waals surface area (Å²) in [4.78, 5) is 3.98. The van der Waals surface area contributed by atoms with E-state index in [0.717, 1.165) is 0 Å². The average Bonchev–Trinajstić information content (AvgIpc) is 2.25. The van der Waals surface area contributed by atoms with Crippen LogP contribution in [0.5, 0.6) is 0 Å². The smallest absolute Gasteiger partial charge is 0.154 e. The fourth-order valence-corrected chi connectivity index (χ4v) is 1.45. The molecule has 3 N–H and O–H groups in total. The Hall–Kier alpha value is -1.81. The lowest BCUT2D eigenvalue weighted by molar-refractivity contribution is 0.559. The predicted octanol–water partition coefficient (Wildman–Crippen LogP) is 0.771. The number of hydrogen-bond donors (Lipinski definition) is 2. The minimum absolute atomic E-state index is 0.189. The van der Waals surface area contributed by atoms with Crippen molar-refractivity contribution >= 4 is 21.3 Å². The Bertz CT molecular complexity index is 588. The molecule has 0 saturated heterocycles. The molecule has 0 aliphatic carbocycles. The van der Waals surface area contributed by atoms with Gasteiger partial charge in [-0.05, 0) is 19.9 Å². The Balaban J connectivity index is 2.86. The van der Waals surface area contributed by atoms with E-state index in [1.165, 1.54) is 18.5 Å². The van der Waals surface area contributed by atoms with Crippen molar-refractivity contribution in [1.82, 2.24) is 4.98 Å². The number of aromatic nitrogens is 1. The third kappa shape index (κ3) is 3.11. The van der Waals surface area contributed by atoms with Gasteiger partial charge in [0.1, 0.15) is 11.9 Å². The molecule has 1 aromatic rings. The summed E-state index contributed by atoms with van der Waals surface area (Å²) < 4.78 is 22.1. The molecular formula is C11H16N4O2S. The molecule has 7 heteroatoms. The van der Waals surface area contributed by atoms with E-state index in [9.17, 15) is 8.42 Å². The molecule has 0 fully saturated rings. The van der Waals surface area contributed by atoms with Crippen LogP contribution in [0, 0.1) is 11.3 Å². The second-order valence-electron chi connectivity index (χ2n) is 4.66. The molecule has 0 aliphatic heterocycles. The molecule has 0 bridgehead atoms. The second-order valence-corrected chi connectivity index (χ2v) is 7.31. The number of anilines is 2. The van der Waals surface area contributed by atoms with Crippen LogP contribution in [0.1, 0.15) is 19.4 Å². The monoisotopic (exact) mass is 268 g/mol. The lowest BCUT2D eigenvalue weighted by atomic mass is 10.2. The summed E-state index contributed by atoms with van der Waals surface area (Å²) in [5.41, 5.74) is 6.39. The van der Waals surface area contributed by atoms with Crippen LogP contribution in [0.3, 0.4) is 0 Å². The highest BCUT2D eigenvalue weighted by atomic mass is 32.2. The molecule has 1 aromatic heterocycles. The number of nitriles is 1. The van der Waals surface area contributed by atoms with E-state index in [2.05, 4.69) is 10.3 Å². The molecular weight excluding hydrogens is 252 g/mol. The van der Waals surface area contributed by atoms with Crippen molar-refractivity contribution in [1.29, 1.82) is 5.26 Å². The lowest BCUT2D eigenvalue weighted by Gasteiger charge is -2.23. The van der Waals surface area contributed by atoms with Gasteiger partial charge in [0.25, 0.3) is 0 Å². The maximum Gasteiger partial charge on any atom is 0.154 e. The van der Waals surface area contributed by atoms with Crippen molar-refractivity contribution in [3.05, 3.63) is 17.8 Å². The fraction of sp³-hybridized carbons (Fsp3) is 0.455. The van der Waals surface area contributed by atoms with Gasteiger partial charge in [-0.15, -0.1) is 0 Å². The number of sulfone groups is 1. The zero-order valence-electron chi connectivity index (χ0n) is 10.6. The minimum Gasteiger partial charge on any atom is -0.396 e. The van der Waals surface area contributed by atoms with Crippen LogP contribution in [0.4, 0.5) is 11.5 Å². The van der Waals surface area contributed by atoms with Crippen LogP contribution >= 0.6 is 0 Å². The van der Waals surface area contributed by atoms with E-state index in [1.807, 2.05) is 6.07 Å². The Labute approximate surface area is 107 Å². The van der Waals surface area contributed by atoms with Gasteiger partial charge in [-0.2, -0.15) is 5.26 Å². The molecule has 18 heavy (non-hydrogen) atoms. The molecule has 98 valence electrons. The highest BCUT2D eigenvalue weighted by Crippen LogP contribution is 2.20. The van der Waals surface area contributed by atoms with Crippen molar-refractivity contribution < 1.29 is 8.42 Å². The number of hydrogen-bond acceptors (Lipinski definition) is 6. The third-order valence-electron chi connectivity index (χ3n) is 2.73. The van der Waals surface area contributed by atoms with Gasteiger partial charge in [0.05, 0.1) is 16.0 Å². The van der Waals surface area contributed by atoms with Crippen molar-refractivity contribution in [3.63, 3.8) is 0 Å². The third-order valence-corrected chi connectivity index (χ3v) is 4.88. The van der Waals surface area contributed by atoms with E-state index in [1.54, 1.807) is 13.8 Å². The van der Waals surface area contributed by atoms with Gasteiger partial charge in [0, 0.05) is 19.0 Å². The first-order valence-corrected chi connectivity index (χ1v) is 7.15. The molecule has 0 atom stereocenters. The van der Waals surface area contributed by atoms with Crippen LogP contribution in [0.25, 0.3) is 0 Å². The van der Waals surface area contributed by atoms with E-state index in [-0.39, 0.29) is 6.54 Å². The molecule has 0 spiro atoms. The summed E-state index contributed by atoms with van der Waals surface area (Å²) in [6.07, 6.45) is 2.57. The van der Waals surface area contributed by atoms with E-state index < -0.39 is 14.6 Å². The number of nitrogen functional groups attached to an aromatic ring is 1. The number of nitrogens with zero attached hydrogens (tertiary/aromatic N) is 2. The summed E-state index contributed by atoms with van der Waals surface area (Å²) in [6, 6.07) is 3.41. The van der Waals surface area contributed by atoms with E-state index in [0.29, 0.717) is 17.1 Å². The average molecular weight is 268 g/mol. The van der Waals surface area contributed by atoms with Gasteiger partial charge in [-0.25, -0.2) is 13.4 Å². The molecule has 6 nitrogen and oxygen atoms in total. The summed E-state index contributed by atoms with van der Waals surface area (Å²) in [6.45, 7) is 3.43. The maximum absolute atomic E-state index is 11.5. The fourth-order valence-electron chi connectivity index (χ4n) is 1.12. The zero-order valence-corrected chi connectivity index (χ0v) is 11.4. The van der Waals surface area contributed by atoms with Gasteiger partial charge >= 0.3 is 0 Å². The largest absolute Gasteiger partial charge is 0.396 e. The Morgan fingerprint density at radius 2 is 2.17 bits per heavy atom. The van der Waals surface area contributed by atoms with Gasteiger partial charge in [-0.3, -0.25) is 0 Å². The number of pyridine rings is 1. The van der Waals surface area contributed by atoms with Crippen LogP contribution in [0.2, 0.25) is 0 Å². The lowest BCUT2D eigenvalue weighted by Crippen LogP contribution is -2.38. The molecule has 0 radical (unpaired) electrons. The van der Waals surface area contributed by atoms with Gasteiger partial charge in [0.15, 0.2) is 9.84 Å². The summed E-state index contributed by atoms with van der Waals surface area (Å²) in [5, 5.41) is 11.6. The van der Waals surface area contributed by atoms with Gasteiger partial charge in [0.2, 0.25) is 0 Å². The molecule has 0 aliphatic rings. The predicted molar refractivity (Wildman–Crippen MR) is 70.8 cm³/mol. The second kappa shape index (κ2) is 4.82. The Kier molecular flexibility index (Phi) is 3.82. The van der Waals surface area contributed by atoms with E-state index >= 15 is 0 Å². The van der Waals surface area contributed by atoms with Gasteiger partial charge < -0.3 is 11.1 Å². The van der Waals surface area contributed by atoms with Crippen LogP contribution in [-0.4, -0.2) is 30.9 Å². The molecule has 0 amide bonds. The van der Waals surface area contributed by atoms with Crippen molar-refractivity contribution in [2.75, 3.05) is 23.9 Å². The molecule has 1 rings (SSSR count). The topological polar surface area (TPSA) is 109 Å². The summed E-state index contributed by atoms with van der Waals surface area (Å²) >= 11 is 0.